The summed E-state index contributed by atoms with van der Waals surface area (Å²) < 4.78 is 0. The van der Waals surface area contributed by atoms with Gasteiger partial charge in [-0.05, 0) is 30.5 Å². The Kier molecular flexibility index (Phi) is 7.94. The first kappa shape index (κ1) is 16.3. The average Bonchev–Trinajstić information content (AvgIpc) is 2.38. The first-order valence-electron chi connectivity index (χ1n) is 6.46. The van der Waals surface area contributed by atoms with Gasteiger partial charge in [0.15, 0.2) is 0 Å². The molecule has 0 aliphatic rings. The van der Waals surface area contributed by atoms with Crippen LogP contribution in [0.5, 0.6) is 0 Å². The number of hydrogen-bond donors (Lipinski definition) is 2. The minimum absolute atomic E-state index is 0.0651. The van der Waals surface area contributed by atoms with E-state index in [9.17, 15) is 4.79 Å². The molecule has 5 heteroatoms. The fraction of sp³-hybridized carbons (Fsp3) is 0.500. The van der Waals surface area contributed by atoms with Crippen molar-refractivity contribution in [2.75, 3.05) is 18.1 Å². The fourth-order valence-electron chi connectivity index (χ4n) is 1.51. The molecule has 19 heavy (non-hydrogen) atoms. The third-order valence-corrected chi connectivity index (χ3v) is 4.08. The monoisotopic (exact) mass is 300 g/mol. The molecule has 0 saturated carbocycles. The Hall–Kier alpha value is -0.710. The minimum Gasteiger partial charge on any atom is -0.355 e. The number of thioether (sulfide) groups is 1. The summed E-state index contributed by atoms with van der Waals surface area (Å²) in [5, 5.41) is 3.63. The maximum atomic E-state index is 11.6. The van der Waals surface area contributed by atoms with Crippen molar-refractivity contribution in [2.24, 2.45) is 5.73 Å². The molecule has 0 radical (unpaired) electrons. The maximum absolute atomic E-state index is 11.6. The van der Waals surface area contributed by atoms with E-state index < -0.39 is 0 Å². The second-order valence-electron chi connectivity index (χ2n) is 4.41. The van der Waals surface area contributed by atoms with Crippen LogP contribution < -0.4 is 11.1 Å². The van der Waals surface area contributed by atoms with Gasteiger partial charge in [-0.15, -0.1) is 0 Å². The van der Waals surface area contributed by atoms with E-state index in [-0.39, 0.29) is 11.9 Å². The molecule has 1 amide bonds. The largest absolute Gasteiger partial charge is 0.355 e. The van der Waals surface area contributed by atoms with Gasteiger partial charge in [-0.3, -0.25) is 4.79 Å². The Labute approximate surface area is 124 Å². The molecule has 1 unspecified atom stereocenters. The van der Waals surface area contributed by atoms with Crippen LogP contribution in [0.2, 0.25) is 5.02 Å². The Morgan fingerprint density at radius 2 is 2.32 bits per heavy atom. The van der Waals surface area contributed by atoms with Crippen molar-refractivity contribution in [2.45, 2.75) is 25.8 Å². The quantitative estimate of drug-likeness (QED) is 0.775. The second kappa shape index (κ2) is 9.23. The number of rotatable bonds is 8. The molecule has 0 saturated heterocycles. The first-order valence-corrected chi connectivity index (χ1v) is 7.99. The number of hydrogen-bond acceptors (Lipinski definition) is 3. The molecule has 0 aliphatic heterocycles. The van der Waals surface area contributed by atoms with Crippen molar-refractivity contribution in [1.82, 2.24) is 5.32 Å². The van der Waals surface area contributed by atoms with Gasteiger partial charge in [-0.25, -0.2) is 0 Å². The van der Waals surface area contributed by atoms with Gasteiger partial charge in [-0.1, -0.05) is 30.7 Å². The molecule has 3 nitrogen and oxygen atoms in total. The van der Waals surface area contributed by atoms with E-state index in [1.807, 2.05) is 24.3 Å². The maximum Gasteiger partial charge on any atom is 0.230 e. The highest BCUT2D eigenvalue weighted by Crippen LogP contribution is 2.10. The molecule has 1 aromatic carbocycles. The highest BCUT2D eigenvalue weighted by Gasteiger charge is 2.04. The lowest BCUT2D eigenvalue weighted by Gasteiger charge is -2.08. The molecular formula is C14H21ClN2OS. The van der Waals surface area contributed by atoms with E-state index in [2.05, 4.69) is 12.2 Å². The summed E-state index contributed by atoms with van der Waals surface area (Å²) in [5.41, 5.74) is 6.92. The average molecular weight is 301 g/mol. The SMILES string of the molecule is CCC(N)CSCC(=O)NCCc1cccc(Cl)c1. The predicted molar refractivity (Wildman–Crippen MR) is 83.8 cm³/mol. The number of benzene rings is 1. The third-order valence-electron chi connectivity index (χ3n) is 2.71. The second-order valence-corrected chi connectivity index (χ2v) is 5.88. The Bertz CT molecular complexity index is 401. The van der Waals surface area contributed by atoms with E-state index >= 15 is 0 Å². The summed E-state index contributed by atoms with van der Waals surface area (Å²) in [7, 11) is 0. The summed E-state index contributed by atoms with van der Waals surface area (Å²) in [6.45, 7) is 2.69. The lowest BCUT2D eigenvalue weighted by atomic mass is 10.1. The lowest BCUT2D eigenvalue weighted by Crippen LogP contribution is -2.28. The molecule has 0 bridgehead atoms. The summed E-state index contributed by atoms with van der Waals surface area (Å²) in [5.74, 6) is 1.37. The third kappa shape index (κ3) is 7.45. The van der Waals surface area contributed by atoms with Gasteiger partial charge in [0.2, 0.25) is 5.91 Å². The molecule has 106 valence electrons. The number of nitrogens with two attached hydrogens (primary N) is 1. The van der Waals surface area contributed by atoms with E-state index in [0.717, 1.165) is 29.2 Å². The van der Waals surface area contributed by atoms with Crippen LogP contribution in [0.25, 0.3) is 0 Å². The molecule has 0 aromatic heterocycles. The van der Waals surface area contributed by atoms with E-state index in [4.69, 9.17) is 17.3 Å². The van der Waals surface area contributed by atoms with Crippen LogP contribution in [0.4, 0.5) is 0 Å². The van der Waals surface area contributed by atoms with Crippen LogP contribution in [0.15, 0.2) is 24.3 Å². The number of halogens is 1. The molecule has 1 atom stereocenters. The van der Waals surface area contributed by atoms with Crippen molar-refractivity contribution in [3.05, 3.63) is 34.9 Å². The van der Waals surface area contributed by atoms with Gasteiger partial charge in [-0.2, -0.15) is 11.8 Å². The molecule has 0 fully saturated rings. The summed E-state index contributed by atoms with van der Waals surface area (Å²) in [6.07, 6.45) is 1.74. The standard InChI is InChI=1S/C14H21ClN2OS/c1-2-13(16)9-19-10-14(18)17-7-6-11-4-3-5-12(15)8-11/h3-5,8,13H,2,6-7,9-10,16H2,1H3,(H,17,18). The van der Waals surface area contributed by atoms with Crippen molar-refractivity contribution < 1.29 is 4.79 Å². The predicted octanol–water partition coefficient (Wildman–Crippen LogP) is 2.47. The topological polar surface area (TPSA) is 55.1 Å². The Balaban J connectivity index is 2.13. The first-order chi connectivity index (χ1) is 9.11. The number of amides is 1. The summed E-state index contributed by atoms with van der Waals surface area (Å²) in [6, 6.07) is 7.87. The Morgan fingerprint density at radius 1 is 1.53 bits per heavy atom. The molecular weight excluding hydrogens is 280 g/mol. The molecule has 3 N–H and O–H groups in total. The fourth-order valence-corrected chi connectivity index (χ4v) is 2.67. The zero-order chi connectivity index (χ0) is 14.1. The van der Waals surface area contributed by atoms with Gasteiger partial charge in [0.05, 0.1) is 5.75 Å². The van der Waals surface area contributed by atoms with E-state index in [0.29, 0.717) is 12.3 Å². The number of carbonyl (C=O) groups excluding carboxylic acids is 1. The van der Waals surface area contributed by atoms with Crippen LogP contribution in [-0.2, 0) is 11.2 Å². The smallest absolute Gasteiger partial charge is 0.230 e. The highest BCUT2D eigenvalue weighted by molar-refractivity contribution is 7.99. The zero-order valence-corrected chi connectivity index (χ0v) is 12.8. The van der Waals surface area contributed by atoms with Crippen molar-refractivity contribution in [3.8, 4) is 0 Å². The van der Waals surface area contributed by atoms with Gasteiger partial charge >= 0.3 is 0 Å². The van der Waals surface area contributed by atoms with Crippen LogP contribution in [0.3, 0.4) is 0 Å². The molecule has 1 aromatic rings. The normalized spacial score (nSPS) is 12.2. The Morgan fingerprint density at radius 3 is 3.00 bits per heavy atom. The van der Waals surface area contributed by atoms with Crippen molar-refractivity contribution >= 4 is 29.3 Å². The van der Waals surface area contributed by atoms with Crippen LogP contribution >= 0.6 is 23.4 Å². The molecule has 0 spiro atoms. The van der Waals surface area contributed by atoms with Crippen molar-refractivity contribution in [3.63, 3.8) is 0 Å². The minimum atomic E-state index is 0.0651. The van der Waals surface area contributed by atoms with Crippen LogP contribution in [0.1, 0.15) is 18.9 Å². The van der Waals surface area contributed by atoms with Crippen molar-refractivity contribution in [1.29, 1.82) is 0 Å². The molecule has 0 heterocycles. The zero-order valence-electron chi connectivity index (χ0n) is 11.2. The van der Waals surface area contributed by atoms with Crippen LogP contribution in [-0.4, -0.2) is 30.0 Å². The van der Waals surface area contributed by atoms with Crippen LogP contribution in [0, 0.1) is 0 Å². The number of nitrogens with one attached hydrogen (secondary N) is 1. The summed E-state index contributed by atoms with van der Waals surface area (Å²) in [4.78, 5) is 11.6. The van der Waals surface area contributed by atoms with Gasteiger partial charge in [0.1, 0.15) is 0 Å². The van der Waals surface area contributed by atoms with Gasteiger partial charge in [0.25, 0.3) is 0 Å². The van der Waals surface area contributed by atoms with E-state index in [1.54, 1.807) is 11.8 Å². The molecule has 0 aliphatic carbocycles. The highest BCUT2D eigenvalue weighted by atomic mass is 35.5. The summed E-state index contributed by atoms with van der Waals surface area (Å²) >= 11 is 7.48. The van der Waals surface area contributed by atoms with E-state index in [1.165, 1.54) is 0 Å². The molecule has 1 rings (SSSR count). The van der Waals surface area contributed by atoms with Gasteiger partial charge < -0.3 is 11.1 Å². The number of carbonyl (C=O) groups is 1. The van der Waals surface area contributed by atoms with Gasteiger partial charge in [0, 0.05) is 23.4 Å². The lowest BCUT2D eigenvalue weighted by molar-refractivity contribution is -0.118.